The summed E-state index contributed by atoms with van der Waals surface area (Å²) in [6.07, 6.45) is 1.83. The van der Waals surface area contributed by atoms with Crippen LogP contribution in [-0.4, -0.2) is 4.98 Å². The Hall–Kier alpha value is -1.54. The van der Waals surface area contributed by atoms with Gasteiger partial charge in [0, 0.05) is 17.5 Å². The molecule has 0 saturated carbocycles. The molecule has 1 aromatic heterocycles. The fraction of sp³-hybridized carbons (Fsp3) is 0.0833. The summed E-state index contributed by atoms with van der Waals surface area (Å²) in [6.45, 7) is 1.96. The van der Waals surface area contributed by atoms with Crippen LogP contribution >= 0.6 is 11.6 Å². The molecule has 0 unspecified atom stereocenters. The van der Waals surface area contributed by atoms with Crippen LogP contribution in [0.2, 0.25) is 5.02 Å². The first-order valence-corrected chi connectivity index (χ1v) is 5.02. The Morgan fingerprint density at radius 2 is 1.87 bits per heavy atom. The van der Waals surface area contributed by atoms with Gasteiger partial charge in [0.25, 0.3) is 0 Å². The van der Waals surface area contributed by atoms with Gasteiger partial charge in [-0.15, -0.1) is 0 Å². The minimum Gasteiger partial charge on any atom is -0.398 e. The fourth-order valence-electron chi connectivity index (χ4n) is 1.36. The van der Waals surface area contributed by atoms with E-state index in [-0.39, 0.29) is 0 Å². The van der Waals surface area contributed by atoms with E-state index in [9.17, 15) is 0 Å². The lowest BCUT2D eigenvalue weighted by Gasteiger charge is -2.04. The van der Waals surface area contributed by atoms with Gasteiger partial charge in [0.2, 0.25) is 0 Å². The van der Waals surface area contributed by atoms with Crippen LogP contribution in [0.1, 0.15) is 5.69 Å². The SMILES string of the molecule is Cc1ccc(-c2ccc(Cl)c(N)c2)cn1. The summed E-state index contributed by atoms with van der Waals surface area (Å²) in [4.78, 5) is 4.23. The fourth-order valence-corrected chi connectivity index (χ4v) is 1.48. The zero-order chi connectivity index (χ0) is 10.8. The van der Waals surface area contributed by atoms with Gasteiger partial charge in [0.05, 0.1) is 10.7 Å². The Kier molecular flexibility index (Phi) is 2.60. The van der Waals surface area contributed by atoms with Gasteiger partial charge in [-0.3, -0.25) is 4.98 Å². The predicted octanol–water partition coefficient (Wildman–Crippen LogP) is 3.29. The maximum Gasteiger partial charge on any atom is 0.0635 e. The van der Waals surface area contributed by atoms with E-state index in [1.54, 1.807) is 6.07 Å². The van der Waals surface area contributed by atoms with Crippen LogP contribution in [0.15, 0.2) is 36.5 Å². The second-order valence-corrected chi connectivity index (χ2v) is 3.83. The molecule has 0 saturated heterocycles. The van der Waals surface area contributed by atoms with Gasteiger partial charge in [0.1, 0.15) is 0 Å². The van der Waals surface area contributed by atoms with Crippen LogP contribution in [0.3, 0.4) is 0 Å². The zero-order valence-electron chi connectivity index (χ0n) is 8.37. The zero-order valence-corrected chi connectivity index (χ0v) is 9.12. The van der Waals surface area contributed by atoms with Crippen LogP contribution in [0, 0.1) is 6.92 Å². The third-order valence-electron chi connectivity index (χ3n) is 2.24. The lowest BCUT2D eigenvalue weighted by molar-refractivity contribution is 1.20. The van der Waals surface area contributed by atoms with Crippen molar-refractivity contribution in [3.63, 3.8) is 0 Å². The van der Waals surface area contributed by atoms with E-state index in [4.69, 9.17) is 17.3 Å². The maximum absolute atomic E-state index is 5.85. The van der Waals surface area contributed by atoms with E-state index in [0.717, 1.165) is 16.8 Å². The number of nitrogens with zero attached hydrogens (tertiary/aromatic N) is 1. The van der Waals surface area contributed by atoms with Gasteiger partial charge < -0.3 is 5.73 Å². The molecular weight excluding hydrogens is 208 g/mol. The Balaban J connectivity index is 2.45. The normalized spacial score (nSPS) is 10.3. The van der Waals surface area contributed by atoms with Crippen LogP contribution < -0.4 is 5.73 Å². The first kappa shape index (κ1) is 9.99. The molecule has 0 bridgehead atoms. The van der Waals surface area contributed by atoms with Crippen LogP contribution in [0.25, 0.3) is 11.1 Å². The molecule has 1 aromatic carbocycles. The van der Waals surface area contributed by atoms with Crippen molar-refractivity contribution in [2.24, 2.45) is 0 Å². The van der Waals surface area contributed by atoms with E-state index in [1.165, 1.54) is 0 Å². The average molecular weight is 219 g/mol. The Bertz CT molecular complexity index is 477. The van der Waals surface area contributed by atoms with Crippen molar-refractivity contribution in [1.82, 2.24) is 4.98 Å². The van der Waals surface area contributed by atoms with Gasteiger partial charge in [-0.2, -0.15) is 0 Å². The van der Waals surface area contributed by atoms with Crippen LogP contribution in [-0.2, 0) is 0 Å². The van der Waals surface area contributed by atoms with Crippen molar-refractivity contribution in [1.29, 1.82) is 0 Å². The van der Waals surface area contributed by atoms with Crippen molar-refractivity contribution in [3.8, 4) is 11.1 Å². The number of hydrogen-bond donors (Lipinski definition) is 1. The molecule has 2 N–H and O–H groups in total. The molecule has 0 aliphatic rings. The second kappa shape index (κ2) is 3.91. The smallest absolute Gasteiger partial charge is 0.0635 e. The number of pyridine rings is 1. The molecule has 2 nitrogen and oxygen atoms in total. The summed E-state index contributed by atoms with van der Waals surface area (Å²) in [7, 11) is 0. The number of hydrogen-bond acceptors (Lipinski definition) is 2. The number of nitrogen functional groups attached to an aromatic ring is 1. The van der Waals surface area contributed by atoms with Gasteiger partial charge in [-0.1, -0.05) is 23.7 Å². The highest BCUT2D eigenvalue weighted by Gasteiger charge is 2.01. The van der Waals surface area contributed by atoms with Gasteiger partial charge in [-0.05, 0) is 30.7 Å². The monoisotopic (exact) mass is 218 g/mol. The largest absolute Gasteiger partial charge is 0.398 e. The summed E-state index contributed by atoms with van der Waals surface area (Å²) in [5.74, 6) is 0. The van der Waals surface area contributed by atoms with Crippen molar-refractivity contribution in [2.45, 2.75) is 6.92 Å². The maximum atomic E-state index is 5.85. The molecular formula is C12H11ClN2. The molecule has 0 radical (unpaired) electrons. The molecule has 76 valence electrons. The molecule has 0 aliphatic heterocycles. The van der Waals surface area contributed by atoms with Gasteiger partial charge >= 0.3 is 0 Å². The average Bonchev–Trinajstić information content (AvgIpc) is 2.23. The highest BCUT2D eigenvalue weighted by Crippen LogP contribution is 2.26. The van der Waals surface area contributed by atoms with Crippen molar-refractivity contribution >= 4 is 17.3 Å². The van der Waals surface area contributed by atoms with Crippen molar-refractivity contribution in [2.75, 3.05) is 5.73 Å². The lowest BCUT2D eigenvalue weighted by Crippen LogP contribution is -1.88. The number of halogens is 1. The molecule has 2 rings (SSSR count). The molecule has 0 atom stereocenters. The predicted molar refractivity (Wildman–Crippen MR) is 63.8 cm³/mol. The van der Waals surface area contributed by atoms with Gasteiger partial charge in [0.15, 0.2) is 0 Å². The standard InChI is InChI=1S/C12H11ClN2/c1-8-2-3-10(7-15-8)9-4-5-11(13)12(14)6-9/h2-7H,14H2,1H3. The Labute approximate surface area is 93.7 Å². The summed E-state index contributed by atoms with van der Waals surface area (Å²) in [5.41, 5.74) is 9.41. The number of nitrogens with two attached hydrogens (primary N) is 1. The molecule has 0 amide bonds. The first-order valence-electron chi connectivity index (χ1n) is 4.65. The number of aromatic nitrogens is 1. The number of aryl methyl sites for hydroxylation is 1. The van der Waals surface area contributed by atoms with E-state index < -0.39 is 0 Å². The highest BCUT2D eigenvalue weighted by molar-refractivity contribution is 6.33. The minimum absolute atomic E-state index is 0.582. The Morgan fingerprint density at radius 3 is 2.47 bits per heavy atom. The summed E-state index contributed by atoms with van der Waals surface area (Å²) in [6, 6.07) is 9.58. The topological polar surface area (TPSA) is 38.9 Å². The van der Waals surface area contributed by atoms with Crippen molar-refractivity contribution in [3.05, 3.63) is 47.2 Å². The second-order valence-electron chi connectivity index (χ2n) is 3.42. The van der Waals surface area contributed by atoms with E-state index >= 15 is 0 Å². The minimum atomic E-state index is 0.582. The summed E-state index contributed by atoms with van der Waals surface area (Å²) < 4.78 is 0. The van der Waals surface area contributed by atoms with Crippen LogP contribution in [0.5, 0.6) is 0 Å². The van der Waals surface area contributed by atoms with Gasteiger partial charge in [-0.25, -0.2) is 0 Å². The lowest BCUT2D eigenvalue weighted by atomic mass is 10.1. The van der Waals surface area contributed by atoms with E-state index in [0.29, 0.717) is 10.7 Å². The third kappa shape index (κ3) is 2.10. The molecule has 0 fully saturated rings. The molecule has 0 spiro atoms. The molecule has 3 heteroatoms. The molecule has 0 aliphatic carbocycles. The number of benzene rings is 1. The Morgan fingerprint density at radius 1 is 1.13 bits per heavy atom. The molecule has 1 heterocycles. The number of anilines is 1. The van der Waals surface area contributed by atoms with E-state index in [2.05, 4.69) is 4.98 Å². The van der Waals surface area contributed by atoms with Crippen molar-refractivity contribution < 1.29 is 0 Å². The molecule has 15 heavy (non-hydrogen) atoms. The first-order chi connectivity index (χ1) is 7.16. The highest BCUT2D eigenvalue weighted by atomic mass is 35.5. The quantitative estimate of drug-likeness (QED) is 0.746. The van der Waals surface area contributed by atoms with E-state index in [1.807, 2.05) is 37.4 Å². The van der Waals surface area contributed by atoms with Crippen LogP contribution in [0.4, 0.5) is 5.69 Å². The summed E-state index contributed by atoms with van der Waals surface area (Å²) >= 11 is 5.85. The number of rotatable bonds is 1. The summed E-state index contributed by atoms with van der Waals surface area (Å²) in [5, 5.41) is 0.582. The molecule has 2 aromatic rings. The third-order valence-corrected chi connectivity index (χ3v) is 2.58.